The monoisotopic (exact) mass is 625 g/mol. The second kappa shape index (κ2) is 12.0. The molecule has 1 amide bonds. The van der Waals surface area contributed by atoms with Crippen molar-refractivity contribution in [2.45, 2.75) is 42.5 Å². The fourth-order valence-electron chi connectivity index (χ4n) is 6.59. The molecule has 2 fully saturated rings. The lowest BCUT2D eigenvalue weighted by Gasteiger charge is -2.33. The van der Waals surface area contributed by atoms with Gasteiger partial charge in [0.2, 0.25) is 10.0 Å². The number of halogens is 3. The molecule has 1 aliphatic carbocycles. The molecule has 8 nitrogen and oxygen atoms in total. The van der Waals surface area contributed by atoms with E-state index in [1.54, 1.807) is 41.1 Å². The van der Waals surface area contributed by atoms with Gasteiger partial charge in [0.25, 0.3) is 11.8 Å². The van der Waals surface area contributed by atoms with Crippen molar-refractivity contribution in [2.24, 2.45) is 17.0 Å². The van der Waals surface area contributed by atoms with Crippen molar-refractivity contribution >= 4 is 15.9 Å². The Morgan fingerprint density at radius 1 is 1.02 bits per heavy atom. The van der Waals surface area contributed by atoms with E-state index in [1.807, 2.05) is 12.2 Å². The summed E-state index contributed by atoms with van der Waals surface area (Å²) in [5.74, 6) is -5.28. The smallest absolute Gasteiger partial charge is 0.270 e. The average molecular weight is 626 g/mol. The highest BCUT2D eigenvalue weighted by Crippen LogP contribution is 2.42. The topological polar surface area (TPSA) is 102 Å². The molecule has 0 saturated carbocycles. The summed E-state index contributed by atoms with van der Waals surface area (Å²) in [6.07, 6.45) is 10.6. The number of nitrogens with zero attached hydrogens (tertiary/aromatic N) is 4. The maximum Gasteiger partial charge on any atom is 0.270 e. The van der Waals surface area contributed by atoms with Gasteiger partial charge in [0, 0.05) is 24.9 Å². The van der Waals surface area contributed by atoms with Crippen molar-refractivity contribution in [3.05, 3.63) is 102 Å². The van der Waals surface area contributed by atoms with E-state index in [1.165, 1.54) is 35.4 Å². The number of hydrogen-bond donors (Lipinski definition) is 1. The van der Waals surface area contributed by atoms with Crippen molar-refractivity contribution in [3.8, 4) is 5.69 Å². The van der Waals surface area contributed by atoms with Crippen LogP contribution in [0, 0.1) is 17.7 Å². The number of piperidine rings is 1. The number of carbonyl (C=O) groups excluding carboxylic acids is 1. The SMILES string of the molecule is NS(=O)(=O)c1ccc(CN2CCC(c3c(C(=O)N4CC(C5C=CC=CC5)C(F)(F)C4)cnn3-c3ccc(F)cc3)CC2)cc1. The molecular weight excluding hydrogens is 591 g/mol. The molecule has 0 radical (unpaired) electrons. The van der Waals surface area contributed by atoms with Gasteiger partial charge in [0.05, 0.1) is 34.6 Å². The van der Waals surface area contributed by atoms with Gasteiger partial charge < -0.3 is 4.90 Å². The van der Waals surface area contributed by atoms with Gasteiger partial charge in [-0.1, -0.05) is 36.4 Å². The van der Waals surface area contributed by atoms with Crippen LogP contribution in [-0.2, 0) is 16.6 Å². The Morgan fingerprint density at radius 3 is 2.36 bits per heavy atom. The summed E-state index contributed by atoms with van der Waals surface area (Å²) in [6, 6.07) is 12.3. The number of primary sulfonamides is 1. The predicted molar refractivity (Wildman–Crippen MR) is 159 cm³/mol. The summed E-state index contributed by atoms with van der Waals surface area (Å²) in [4.78, 5) is 17.5. The van der Waals surface area contributed by atoms with Gasteiger partial charge in [-0.3, -0.25) is 9.69 Å². The number of amides is 1. The molecule has 0 spiro atoms. The number of nitrogens with two attached hydrogens (primary N) is 1. The lowest BCUT2D eigenvalue weighted by molar-refractivity contribution is -0.0390. The van der Waals surface area contributed by atoms with E-state index in [-0.39, 0.29) is 23.3 Å². The van der Waals surface area contributed by atoms with Gasteiger partial charge in [-0.2, -0.15) is 5.10 Å². The van der Waals surface area contributed by atoms with E-state index < -0.39 is 40.1 Å². The maximum absolute atomic E-state index is 15.2. The van der Waals surface area contributed by atoms with Crippen LogP contribution in [0.4, 0.5) is 13.2 Å². The quantitative estimate of drug-likeness (QED) is 0.404. The van der Waals surface area contributed by atoms with Crippen molar-refractivity contribution in [2.75, 3.05) is 26.2 Å². The van der Waals surface area contributed by atoms with Crippen LogP contribution < -0.4 is 5.14 Å². The highest BCUT2D eigenvalue weighted by Gasteiger charge is 2.52. The number of aromatic nitrogens is 2. The fraction of sp³-hybridized carbons (Fsp3) is 0.375. The predicted octanol–water partition coefficient (Wildman–Crippen LogP) is 4.88. The Bertz CT molecular complexity index is 1680. The minimum atomic E-state index is -3.77. The van der Waals surface area contributed by atoms with Gasteiger partial charge in [-0.15, -0.1) is 0 Å². The molecule has 0 bridgehead atoms. The van der Waals surface area contributed by atoms with Crippen LogP contribution in [0.3, 0.4) is 0 Å². The minimum Gasteiger partial charge on any atom is -0.332 e. The summed E-state index contributed by atoms with van der Waals surface area (Å²) in [6.45, 7) is 1.30. The van der Waals surface area contributed by atoms with Gasteiger partial charge >= 0.3 is 0 Å². The van der Waals surface area contributed by atoms with Gasteiger partial charge in [-0.25, -0.2) is 31.4 Å². The number of likely N-dealkylation sites (tertiary alicyclic amines) is 2. The summed E-state index contributed by atoms with van der Waals surface area (Å²) < 4.78 is 69.0. The maximum atomic E-state index is 15.2. The minimum absolute atomic E-state index is 0.0431. The van der Waals surface area contributed by atoms with Crippen molar-refractivity contribution in [1.29, 1.82) is 0 Å². The molecule has 2 unspecified atom stereocenters. The van der Waals surface area contributed by atoms with Crippen LogP contribution in [0.15, 0.2) is 83.9 Å². The first kappa shape index (κ1) is 30.3. The number of benzene rings is 2. The number of hydrogen-bond acceptors (Lipinski definition) is 5. The second-order valence-corrected chi connectivity index (χ2v) is 13.4. The molecule has 3 heterocycles. The van der Waals surface area contributed by atoms with E-state index in [0.29, 0.717) is 55.8 Å². The first-order valence-corrected chi connectivity index (χ1v) is 16.2. The molecule has 12 heteroatoms. The molecule has 3 aromatic rings. The zero-order chi connectivity index (χ0) is 31.1. The Kier molecular flexibility index (Phi) is 8.25. The van der Waals surface area contributed by atoms with Crippen LogP contribution in [0.5, 0.6) is 0 Å². The Labute approximate surface area is 254 Å². The Morgan fingerprint density at radius 2 is 1.73 bits per heavy atom. The van der Waals surface area contributed by atoms with E-state index >= 15 is 8.78 Å². The molecule has 1 aromatic heterocycles. The van der Waals surface area contributed by atoms with E-state index in [9.17, 15) is 17.6 Å². The molecule has 2 atom stereocenters. The molecule has 2 aliphatic heterocycles. The van der Waals surface area contributed by atoms with E-state index in [2.05, 4.69) is 10.00 Å². The van der Waals surface area contributed by atoms with Gasteiger partial charge in [-0.05, 0) is 80.2 Å². The normalized spacial score (nSPS) is 22.5. The lowest BCUT2D eigenvalue weighted by atomic mass is 9.84. The van der Waals surface area contributed by atoms with Crippen LogP contribution in [0.2, 0.25) is 0 Å². The molecule has 2 aromatic carbocycles. The third-order valence-corrected chi connectivity index (χ3v) is 9.85. The molecule has 3 aliphatic rings. The van der Waals surface area contributed by atoms with Crippen LogP contribution >= 0.6 is 0 Å². The Balaban J connectivity index is 1.22. The number of alkyl halides is 2. The third-order valence-electron chi connectivity index (χ3n) is 8.92. The zero-order valence-electron chi connectivity index (χ0n) is 24.0. The number of sulfonamides is 1. The standard InChI is InChI=1S/C32H34F3N5O3S/c33-25-8-10-26(11-9-25)40-30(24-14-16-38(17-15-24)19-22-6-12-27(13-7-22)44(36,42)43)28(18-37-40)31(41)39-20-29(32(34,35)21-39)23-4-2-1-3-5-23/h1-4,6-13,18,23-24,29H,5,14-17,19-21H2,(H2,36,42,43). The summed E-state index contributed by atoms with van der Waals surface area (Å²) in [5.41, 5.74) is 2.46. The number of allylic oxidation sites excluding steroid dienone is 4. The molecule has 2 saturated heterocycles. The second-order valence-electron chi connectivity index (χ2n) is 11.8. The van der Waals surface area contributed by atoms with Crippen molar-refractivity contribution in [3.63, 3.8) is 0 Å². The van der Waals surface area contributed by atoms with Gasteiger partial charge in [0.1, 0.15) is 5.82 Å². The highest BCUT2D eigenvalue weighted by molar-refractivity contribution is 7.89. The third kappa shape index (κ3) is 6.24. The van der Waals surface area contributed by atoms with Gasteiger partial charge in [0.15, 0.2) is 0 Å². The van der Waals surface area contributed by atoms with Crippen LogP contribution in [-0.4, -0.2) is 66.0 Å². The first-order chi connectivity index (χ1) is 21.0. The van der Waals surface area contributed by atoms with E-state index in [0.717, 1.165) is 5.56 Å². The number of carbonyl (C=O) groups is 1. The lowest BCUT2D eigenvalue weighted by Crippen LogP contribution is -2.35. The molecule has 2 N–H and O–H groups in total. The van der Waals surface area contributed by atoms with E-state index in [4.69, 9.17) is 5.14 Å². The molecule has 232 valence electrons. The van der Waals surface area contributed by atoms with Crippen molar-refractivity contribution in [1.82, 2.24) is 19.6 Å². The Hall–Kier alpha value is -3.74. The molecule has 44 heavy (non-hydrogen) atoms. The zero-order valence-corrected chi connectivity index (χ0v) is 24.8. The van der Waals surface area contributed by atoms with Crippen LogP contribution in [0.25, 0.3) is 5.69 Å². The number of rotatable bonds is 7. The molecular formula is C32H34F3N5O3S. The average Bonchev–Trinajstić information content (AvgIpc) is 3.59. The summed E-state index contributed by atoms with van der Waals surface area (Å²) in [5, 5.41) is 9.72. The largest absolute Gasteiger partial charge is 0.332 e. The summed E-state index contributed by atoms with van der Waals surface area (Å²) in [7, 11) is -3.77. The fourth-order valence-corrected chi connectivity index (χ4v) is 7.11. The highest BCUT2D eigenvalue weighted by atomic mass is 32.2. The summed E-state index contributed by atoms with van der Waals surface area (Å²) >= 11 is 0. The van der Waals surface area contributed by atoms with Crippen LogP contribution in [0.1, 0.15) is 46.8 Å². The molecule has 6 rings (SSSR count). The first-order valence-electron chi connectivity index (χ1n) is 14.7. The van der Waals surface area contributed by atoms with Crippen molar-refractivity contribution < 1.29 is 26.4 Å².